The van der Waals surface area contributed by atoms with Crippen LogP contribution in [0.1, 0.15) is 12.5 Å². The van der Waals surface area contributed by atoms with Gasteiger partial charge in [0.2, 0.25) is 6.79 Å². The number of hydrogen-bond donors (Lipinski definition) is 2. The van der Waals surface area contributed by atoms with Gasteiger partial charge in [-0.05, 0) is 31.7 Å². The Balaban J connectivity index is 0.00000243. The van der Waals surface area contributed by atoms with E-state index in [0.717, 1.165) is 55.7 Å². The van der Waals surface area contributed by atoms with Crippen molar-refractivity contribution in [2.75, 3.05) is 53.6 Å². The van der Waals surface area contributed by atoms with Gasteiger partial charge in [0, 0.05) is 52.4 Å². The summed E-state index contributed by atoms with van der Waals surface area (Å²) in [5.41, 5.74) is 1.14. The standard InChI is InChI=1S/C18H29N5O2.HI/c1-14(23-8-6-22(3)7-9-23)11-20-18(19-2)21-12-15-4-5-16-17(10-15)25-13-24-16;/h4-5,10,14H,6-9,11-13H2,1-3H3,(H2,19,20,21);1H. The lowest BCUT2D eigenvalue weighted by Crippen LogP contribution is -2.52. The first-order chi connectivity index (χ1) is 12.2. The fraction of sp³-hybridized carbons (Fsp3) is 0.611. The number of nitrogens with zero attached hydrogens (tertiary/aromatic N) is 3. The normalized spacial score (nSPS) is 19.0. The summed E-state index contributed by atoms with van der Waals surface area (Å²) in [6.07, 6.45) is 0. The van der Waals surface area contributed by atoms with Crippen LogP contribution in [0.2, 0.25) is 0 Å². The van der Waals surface area contributed by atoms with Gasteiger partial charge < -0.3 is 25.0 Å². The van der Waals surface area contributed by atoms with Gasteiger partial charge in [-0.2, -0.15) is 0 Å². The van der Waals surface area contributed by atoms with E-state index < -0.39 is 0 Å². The van der Waals surface area contributed by atoms with E-state index in [2.05, 4.69) is 39.4 Å². The number of aliphatic imine (C=N–C) groups is 1. The molecule has 1 aromatic rings. The number of halogens is 1. The molecule has 1 aromatic carbocycles. The average molecular weight is 475 g/mol. The van der Waals surface area contributed by atoms with E-state index in [0.29, 0.717) is 19.4 Å². The molecule has 8 heteroatoms. The fourth-order valence-corrected chi connectivity index (χ4v) is 3.09. The zero-order chi connectivity index (χ0) is 17.6. The van der Waals surface area contributed by atoms with E-state index in [1.54, 1.807) is 7.05 Å². The molecule has 0 spiro atoms. The molecule has 146 valence electrons. The highest BCUT2D eigenvalue weighted by Crippen LogP contribution is 2.32. The van der Waals surface area contributed by atoms with Crippen LogP contribution < -0.4 is 20.1 Å². The fourth-order valence-electron chi connectivity index (χ4n) is 3.09. The third kappa shape index (κ3) is 5.62. The minimum Gasteiger partial charge on any atom is -0.454 e. The number of likely N-dealkylation sites (N-methyl/N-ethyl adjacent to an activating group) is 1. The molecule has 2 aliphatic rings. The molecular formula is C18H30IN5O2. The zero-order valence-corrected chi connectivity index (χ0v) is 18.2. The Morgan fingerprint density at radius 1 is 1.15 bits per heavy atom. The molecule has 1 fully saturated rings. The molecule has 3 rings (SSSR count). The van der Waals surface area contributed by atoms with Crippen LogP contribution in [-0.4, -0.2) is 75.4 Å². The van der Waals surface area contributed by atoms with Gasteiger partial charge in [0.1, 0.15) is 0 Å². The van der Waals surface area contributed by atoms with Crippen molar-refractivity contribution in [2.45, 2.75) is 19.5 Å². The van der Waals surface area contributed by atoms with Crippen LogP contribution in [0.25, 0.3) is 0 Å². The molecule has 2 aliphatic heterocycles. The van der Waals surface area contributed by atoms with Gasteiger partial charge >= 0.3 is 0 Å². The van der Waals surface area contributed by atoms with E-state index in [1.807, 2.05) is 18.2 Å². The van der Waals surface area contributed by atoms with Gasteiger partial charge in [-0.15, -0.1) is 24.0 Å². The second kappa shape index (κ2) is 10.2. The van der Waals surface area contributed by atoms with Crippen molar-refractivity contribution in [1.82, 2.24) is 20.4 Å². The van der Waals surface area contributed by atoms with Crippen molar-refractivity contribution in [1.29, 1.82) is 0 Å². The van der Waals surface area contributed by atoms with Crippen LogP contribution in [0.3, 0.4) is 0 Å². The molecule has 0 bridgehead atoms. The summed E-state index contributed by atoms with van der Waals surface area (Å²) < 4.78 is 10.8. The highest BCUT2D eigenvalue weighted by Gasteiger charge is 2.19. The molecule has 0 aliphatic carbocycles. The summed E-state index contributed by atoms with van der Waals surface area (Å²) in [5.74, 6) is 2.44. The molecule has 2 N–H and O–H groups in total. The Kier molecular flexibility index (Phi) is 8.23. The van der Waals surface area contributed by atoms with E-state index in [9.17, 15) is 0 Å². The third-order valence-corrected chi connectivity index (χ3v) is 4.85. The smallest absolute Gasteiger partial charge is 0.231 e. The van der Waals surface area contributed by atoms with Crippen LogP contribution in [0, 0.1) is 0 Å². The van der Waals surface area contributed by atoms with Gasteiger partial charge in [0.05, 0.1) is 0 Å². The summed E-state index contributed by atoms with van der Waals surface area (Å²) in [6, 6.07) is 6.49. The molecule has 1 unspecified atom stereocenters. The van der Waals surface area contributed by atoms with Crippen LogP contribution >= 0.6 is 24.0 Å². The highest BCUT2D eigenvalue weighted by atomic mass is 127. The predicted molar refractivity (Wildman–Crippen MR) is 115 cm³/mol. The average Bonchev–Trinajstić information content (AvgIpc) is 3.10. The van der Waals surface area contributed by atoms with Crippen LogP contribution in [-0.2, 0) is 6.54 Å². The lowest BCUT2D eigenvalue weighted by molar-refractivity contribution is 0.120. The van der Waals surface area contributed by atoms with Crippen molar-refractivity contribution in [3.8, 4) is 11.5 Å². The maximum Gasteiger partial charge on any atom is 0.231 e. The molecule has 26 heavy (non-hydrogen) atoms. The lowest BCUT2D eigenvalue weighted by Gasteiger charge is -2.36. The van der Waals surface area contributed by atoms with E-state index in [1.165, 1.54) is 0 Å². The number of nitrogens with one attached hydrogen (secondary N) is 2. The number of ether oxygens (including phenoxy) is 2. The number of piperazine rings is 1. The van der Waals surface area contributed by atoms with Crippen molar-refractivity contribution < 1.29 is 9.47 Å². The Morgan fingerprint density at radius 3 is 2.62 bits per heavy atom. The Morgan fingerprint density at radius 2 is 1.88 bits per heavy atom. The van der Waals surface area contributed by atoms with Crippen molar-refractivity contribution in [3.63, 3.8) is 0 Å². The topological polar surface area (TPSA) is 61.4 Å². The summed E-state index contributed by atoms with van der Waals surface area (Å²) in [4.78, 5) is 9.22. The van der Waals surface area contributed by atoms with E-state index in [4.69, 9.17) is 9.47 Å². The van der Waals surface area contributed by atoms with E-state index >= 15 is 0 Å². The van der Waals surface area contributed by atoms with Gasteiger partial charge in [0.15, 0.2) is 17.5 Å². The molecule has 0 saturated carbocycles. The first-order valence-corrected chi connectivity index (χ1v) is 8.91. The molecule has 0 amide bonds. The van der Waals surface area contributed by atoms with Crippen molar-refractivity contribution >= 4 is 29.9 Å². The Labute approximate surface area is 173 Å². The largest absolute Gasteiger partial charge is 0.454 e. The molecule has 0 radical (unpaired) electrons. The number of rotatable bonds is 5. The van der Waals surface area contributed by atoms with Gasteiger partial charge in [0.25, 0.3) is 0 Å². The Bertz CT molecular complexity index is 605. The Hall–Kier alpha value is -1.26. The monoisotopic (exact) mass is 475 g/mol. The van der Waals surface area contributed by atoms with Gasteiger partial charge in [-0.1, -0.05) is 6.07 Å². The maximum absolute atomic E-state index is 5.42. The van der Waals surface area contributed by atoms with Gasteiger partial charge in [-0.25, -0.2) is 0 Å². The quantitative estimate of drug-likeness (QED) is 0.381. The summed E-state index contributed by atoms with van der Waals surface area (Å²) in [7, 11) is 3.98. The van der Waals surface area contributed by atoms with Crippen LogP contribution in [0.5, 0.6) is 11.5 Å². The minimum absolute atomic E-state index is 0. The number of hydrogen-bond acceptors (Lipinski definition) is 5. The number of benzene rings is 1. The second-order valence-corrected chi connectivity index (χ2v) is 6.68. The molecule has 0 aromatic heterocycles. The zero-order valence-electron chi connectivity index (χ0n) is 15.8. The van der Waals surface area contributed by atoms with E-state index in [-0.39, 0.29) is 24.0 Å². The third-order valence-electron chi connectivity index (χ3n) is 4.85. The van der Waals surface area contributed by atoms with Crippen molar-refractivity contribution in [2.24, 2.45) is 4.99 Å². The SMILES string of the molecule is CN=C(NCc1ccc2c(c1)OCO2)NCC(C)N1CCN(C)CC1.I. The first kappa shape index (κ1) is 21.0. The summed E-state index contributed by atoms with van der Waals surface area (Å²) in [6.45, 7) is 8.68. The van der Waals surface area contributed by atoms with Crippen molar-refractivity contribution in [3.05, 3.63) is 23.8 Å². The summed E-state index contributed by atoms with van der Waals surface area (Å²) >= 11 is 0. The highest BCUT2D eigenvalue weighted by molar-refractivity contribution is 14.0. The molecule has 7 nitrogen and oxygen atoms in total. The lowest BCUT2D eigenvalue weighted by atomic mass is 10.2. The maximum atomic E-state index is 5.42. The van der Waals surface area contributed by atoms with Crippen LogP contribution in [0.4, 0.5) is 0 Å². The first-order valence-electron chi connectivity index (χ1n) is 8.91. The molecule has 1 saturated heterocycles. The predicted octanol–water partition coefficient (Wildman–Crippen LogP) is 1.33. The molecular weight excluding hydrogens is 445 g/mol. The molecule has 2 heterocycles. The summed E-state index contributed by atoms with van der Waals surface area (Å²) in [5, 5.41) is 6.79. The number of fused-ring (bicyclic) bond motifs is 1. The van der Waals surface area contributed by atoms with Crippen LogP contribution in [0.15, 0.2) is 23.2 Å². The second-order valence-electron chi connectivity index (χ2n) is 6.68. The number of guanidine groups is 1. The van der Waals surface area contributed by atoms with Gasteiger partial charge in [-0.3, -0.25) is 9.89 Å². The minimum atomic E-state index is 0. The molecule has 1 atom stereocenters.